The van der Waals surface area contributed by atoms with Gasteiger partial charge >= 0.3 is 0 Å². The lowest BCUT2D eigenvalue weighted by Crippen LogP contribution is -2.44. The van der Waals surface area contributed by atoms with Crippen molar-refractivity contribution in [3.05, 3.63) is 71.7 Å². The Balaban J connectivity index is 1.66. The van der Waals surface area contributed by atoms with Crippen LogP contribution in [0, 0.1) is 6.92 Å². The quantitative estimate of drug-likeness (QED) is 0.468. The summed E-state index contributed by atoms with van der Waals surface area (Å²) in [6, 6.07) is 15.8. The van der Waals surface area contributed by atoms with Gasteiger partial charge in [-0.05, 0) is 51.5 Å². The van der Waals surface area contributed by atoms with Crippen LogP contribution in [-0.2, 0) is 13.0 Å². The second-order valence-electron chi connectivity index (χ2n) is 7.46. The number of ketones is 1. The molecule has 1 atom stereocenters. The highest BCUT2D eigenvalue weighted by atomic mass is 16.5. The second kappa shape index (κ2) is 7.63. The molecule has 2 heterocycles. The van der Waals surface area contributed by atoms with Gasteiger partial charge in [-0.25, -0.2) is 9.13 Å². The van der Waals surface area contributed by atoms with Crippen molar-refractivity contribution in [2.45, 2.75) is 46.2 Å². The number of benzene rings is 2. The third kappa shape index (κ3) is 3.35. The van der Waals surface area contributed by atoms with E-state index in [1.165, 1.54) is 22.6 Å². The summed E-state index contributed by atoms with van der Waals surface area (Å²) in [6.07, 6.45) is 4.28. The molecule has 0 amide bonds. The average Bonchev–Trinajstić information content (AvgIpc) is 3.31. The SMILES string of the molecule is CCOc1ccc(C(=O)C(C)[n+]2cc(-c3ccc(C)cc3)n3c2CCC3)cc1. The molecule has 4 nitrogen and oxygen atoms in total. The van der Waals surface area contributed by atoms with Gasteiger partial charge in [-0.15, -0.1) is 0 Å². The molecule has 1 aliphatic heterocycles. The zero-order valence-electron chi connectivity index (χ0n) is 16.8. The first-order valence-corrected chi connectivity index (χ1v) is 10.1. The van der Waals surface area contributed by atoms with Crippen LogP contribution in [-0.4, -0.2) is 17.0 Å². The fourth-order valence-electron chi connectivity index (χ4n) is 4.00. The summed E-state index contributed by atoms with van der Waals surface area (Å²) in [6.45, 7) is 7.69. The highest BCUT2D eigenvalue weighted by molar-refractivity contribution is 5.97. The van der Waals surface area contributed by atoms with Crippen LogP contribution < -0.4 is 9.30 Å². The zero-order chi connectivity index (χ0) is 19.7. The number of hydrogen-bond acceptors (Lipinski definition) is 2. The predicted molar refractivity (Wildman–Crippen MR) is 110 cm³/mol. The van der Waals surface area contributed by atoms with Crippen molar-refractivity contribution in [1.29, 1.82) is 0 Å². The molecule has 144 valence electrons. The number of carbonyl (C=O) groups excluding carboxylic acids is 1. The lowest BCUT2D eigenvalue weighted by Gasteiger charge is -2.10. The van der Waals surface area contributed by atoms with E-state index in [0.717, 1.165) is 30.7 Å². The van der Waals surface area contributed by atoms with Crippen molar-refractivity contribution in [2.75, 3.05) is 6.61 Å². The molecule has 1 aromatic heterocycles. The molecule has 0 aliphatic carbocycles. The van der Waals surface area contributed by atoms with Gasteiger partial charge in [0, 0.05) is 11.1 Å². The molecule has 2 aromatic carbocycles. The number of fused-ring (bicyclic) bond motifs is 1. The third-order valence-electron chi connectivity index (χ3n) is 5.54. The predicted octanol–water partition coefficient (Wildman–Crippen LogP) is 4.54. The van der Waals surface area contributed by atoms with E-state index in [2.05, 4.69) is 46.5 Å². The van der Waals surface area contributed by atoms with Gasteiger partial charge in [-0.1, -0.05) is 29.8 Å². The maximum atomic E-state index is 13.1. The van der Waals surface area contributed by atoms with Gasteiger partial charge in [0.1, 0.15) is 11.9 Å². The Morgan fingerprint density at radius 3 is 2.54 bits per heavy atom. The highest BCUT2D eigenvalue weighted by Gasteiger charge is 2.33. The molecule has 0 fully saturated rings. The van der Waals surface area contributed by atoms with Crippen LogP contribution in [0.15, 0.2) is 54.7 Å². The van der Waals surface area contributed by atoms with Gasteiger partial charge < -0.3 is 4.74 Å². The van der Waals surface area contributed by atoms with Crippen molar-refractivity contribution in [3.63, 3.8) is 0 Å². The fraction of sp³-hybridized carbons (Fsp3) is 0.333. The number of Topliss-reactive ketones (excluding diaryl/α,β-unsaturated/α-hetero) is 1. The monoisotopic (exact) mass is 375 g/mol. The molecule has 1 aliphatic rings. The largest absolute Gasteiger partial charge is 0.494 e. The molecule has 1 unspecified atom stereocenters. The second-order valence-corrected chi connectivity index (χ2v) is 7.46. The standard InChI is InChI=1S/C24H27N2O2/c1-4-28-21-13-11-20(12-14-21)24(27)18(3)26-16-22(25-15-5-6-23(25)26)19-9-7-17(2)8-10-19/h7-14,16,18H,4-6,15H2,1-3H3/q+1. The lowest BCUT2D eigenvalue weighted by atomic mass is 10.0. The minimum absolute atomic E-state index is 0.129. The molecule has 28 heavy (non-hydrogen) atoms. The summed E-state index contributed by atoms with van der Waals surface area (Å²) in [4.78, 5) is 13.1. The molecule has 0 saturated heterocycles. The van der Waals surface area contributed by atoms with Crippen LogP contribution in [0.25, 0.3) is 11.3 Å². The number of imidazole rings is 1. The summed E-state index contributed by atoms with van der Waals surface area (Å²) in [7, 11) is 0. The van der Waals surface area contributed by atoms with Crippen LogP contribution >= 0.6 is 0 Å². The number of ether oxygens (including phenoxy) is 1. The van der Waals surface area contributed by atoms with E-state index in [4.69, 9.17) is 4.74 Å². The van der Waals surface area contributed by atoms with Crippen molar-refractivity contribution in [1.82, 2.24) is 4.57 Å². The minimum Gasteiger partial charge on any atom is -0.494 e. The number of hydrogen-bond donors (Lipinski definition) is 0. The summed E-state index contributed by atoms with van der Waals surface area (Å²) >= 11 is 0. The van der Waals surface area contributed by atoms with E-state index < -0.39 is 0 Å². The van der Waals surface area contributed by atoms with Gasteiger partial charge in [0.25, 0.3) is 5.82 Å². The smallest absolute Gasteiger partial charge is 0.257 e. The van der Waals surface area contributed by atoms with E-state index >= 15 is 0 Å². The van der Waals surface area contributed by atoms with E-state index in [1.54, 1.807) is 0 Å². The summed E-state index contributed by atoms with van der Waals surface area (Å²) in [5, 5.41) is 0. The zero-order valence-corrected chi connectivity index (χ0v) is 16.8. The molecule has 3 aromatic rings. The molecular formula is C24H27N2O2+. The van der Waals surface area contributed by atoms with Crippen LogP contribution in [0.1, 0.15) is 48.1 Å². The first kappa shape index (κ1) is 18.5. The Morgan fingerprint density at radius 2 is 1.86 bits per heavy atom. The van der Waals surface area contributed by atoms with Crippen LogP contribution in [0.2, 0.25) is 0 Å². The van der Waals surface area contributed by atoms with Crippen molar-refractivity contribution < 1.29 is 14.1 Å². The van der Waals surface area contributed by atoms with E-state index in [9.17, 15) is 4.79 Å². The molecular weight excluding hydrogens is 348 g/mol. The van der Waals surface area contributed by atoms with Gasteiger partial charge in [0.15, 0.2) is 11.7 Å². The van der Waals surface area contributed by atoms with Gasteiger partial charge in [0.05, 0.1) is 19.6 Å². The number of nitrogens with zero attached hydrogens (tertiary/aromatic N) is 2. The molecule has 0 spiro atoms. The van der Waals surface area contributed by atoms with Crippen LogP contribution in [0.5, 0.6) is 5.75 Å². The molecule has 0 radical (unpaired) electrons. The Kier molecular flexibility index (Phi) is 5.03. The Hall–Kier alpha value is -2.88. The number of aromatic nitrogens is 2. The normalized spacial score (nSPS) is 14.0. The van der Waals surface area contributed by atoms with Crippen molar-refractivity contribution in [2.24, 2.45) is 0 Å². The van der Waals surface area contributed by atoms with Gasteiger partial charge in [-0.2, -0.15) is 0 Å². The maximum Gasteiger partial charge on any atom is 0.257 e. The molecule has 0 bridgehead atoms. The topological polar surface area (TPSA) is 35.1 Å². The van der Waals surface area contributed by atoms with E-state index in [0.29, 0.717) is 6.61 Å². The highest BCUT2D eigenvalue weighted by Crippen LogP contribution is 2.26. The molecule has 4 rings (SSSR count). The Labute approximate surface area is 166 Å². The fourth-order valence-corrected chi connectivity index (χ4v) is 4.00. The third-order valence-corrected chi connectivity index (χ3v) is 5.54. The molecule has 4 heteroatoms. The summed E-state index contributed by atoms with van der Waals surface area (Å²) < 4.78 is 10.0. The number of aryl methyl sites for hydroxylation is 1. The number of rotatable bonds is 6. The van der Waals surface area contributed by atoms with Gasteiger partial charge in [0.2, 0.25) is 5.78 Å². The summed E-state index contributed by atoms with van der Waals surface area (Å²) in [5.74, 6) is 2.16. The van der Waals surface area contributed by atoms with Crippen LogP contribution in [0.3, 0.4) is 0 Å². The Bertz CT molecular complexity index is 985. The van der Waals surface area contributed by atoms with Gasteiger partial charge in [-0.3, -0.25) is 4.79 Å². The first-order chi connectivity index (χ1) is 13.6. The number of carbonyl (C=O) groups is 1. The summed E-state index contributed by atoms with van der Waals surface area (Å²) in [5.41, 5.74) is 4.37. The lowest BCUT2D eigenvalue weighted by molar-refractivity contribution is -0.710. The Morgan fingerprint density at radius 1 is 1.14 bits per heavy atom. The minimum atomic E-state index is -0.239. The molecule has 0 N–H and O–H groups in total. The first-order valence-electron chi connectivity index (χ1n) is 10.1. The average molecular weight is 375 g/mol. The molecule has 0 saturated carbocycles. The van der Waals surface area contributed by atoms with Crippen molar-refractivity contribution in [3.8, 4) is 17.0 Å². The van der Waals surface area contributed by atoms with Crippen molar-refractivity contribution >= 4 is 5.78 Å². The van der Waals surface area contributed by atoms with E-state index in [1.807, 2.05) is 38.1 Å². The van der Waals surface area contributed by atoms with Crippen LogP contribution in [0.4, 0.5) is 0 Å². The van der Waals surface area contributed by atoms with E-state index in [-0.39, 0.29) is 11.8 Å². The maximum absolute atomic E-state index is 13.1.